The number of nitrogens with zero attached hydrogens (tertiary/aromatic N) is 1. The van der Waals surface area contributed by atoms with E-state index in [-0.39, 0.29) is 17.4 Å². The number of benzene rings is 2. The predicted molar refractivity (Wildman–Crippen MR) is 130 cm³/mol. The standard InChI is InChI=1S/C25H33ClN2O2S/c1-5-22(24(30)27-25(2,3)4)28(18-19-10-7-6-8-11-19)23(29)12-9-17-31-21-15-13-20(26)14-16-21/h6-8,10-11,13-16,22H,5,9,12,17-18H2,1-4H3,(H,27,30)/t22-/m1/s1. The van der Waals surface area contributed by atoms with Gasteiger partial charge in [-0.2, -0.15) is 0 Å². The first-order chi connectivity index (χ1) is 14.7. The van der Waals surface area contributed by atoms with Crippen molar-refractivity contribution in [2.24, 2.45) is 0 Å². The van der Waals surface area contributed by atoms with Gasteiger partial charge in [-0.3, -0.25) is 9.59 Å². The molecule has 2 aromatic rings. The number of halogens is 1. The third-order valence-electron chi connectivity index (χ3n) is 4.70. The summed E-state index contributed by atoms with van der Waals surface area (Å²) in [6, 6.07) is 17.1. The summed E-state index contributed by atoms with van der Waals surface area (Å²) in [7, 11) is 0. The van der Waals surface area contributed by atoms with Crippen LogP contribution >= 0.6 is 23.4 Å². The van der Waals surface area contributed by atoms with Gasteiger partial charge in [0, 0.05) is 28.4 Å². The molecule has 0 spiro atoms. The van der Waals surface area contributed by atoms with Gasteiger partial charge in [-0.05, 0) is 69.2 Å². The molecule has 2 rings (SSSR count). The lowest BCUT2D eigenvalue weighted by Crippen LogP contribution is -2.53. The normalized spacial score (nSPS) is 12.3. The molecule has 0 aromatic heterocycles. The summed E-state index contributed by atoms with van der Waals surface area (Å²) >= 11 is 7.64. The van der Waals surface area contributed by atoms with Crippen LogP contribution in [0.1, 0.15) is 52.5 Å². The van der Waals surface area contributed by atoms with E-state index in [1.807, 2.05) is 82.3 Å². The molecule has 0 heterocycles. The van der Waals surface area contributed by atoms with Crippen LogP contribution in [-0.4, -0.2) is 34.0 Å². The Balaban J connectivity index is 2.04. The second kappa shape index (κ2) is 12.2. The predicted octanol–water partition coefficient (Wildman–Crippen LogP) is 5.93. The first kappa shape index (κ1) is 25.3. The van der Waals surface area contributed by atoms with Gasteiger partial charge in [0.15, 0.2) is 0 Å². The molecule has 0 aliphatic carbocycles. The first-order valence-electron chi connectivity index (χ1n) is 10.7. The molecular weight excluding hydrogens is 428 g/mol. The van der Waals surface area contributed by atoms with E-state index in [0.29, 0.717) is 19.4 Å². The van der Waals surface area contributed by atoms with Gasteiger partial charge in [-0.15, -0.1) is 11.8 Å². The maximum Gasteiger partial charge on any atom is 0.243 e. The Labute approximate surface area is 195 Å². The Bertz CT molecular complexity index is 835. The van der Waals surface area contributed by atoms with Crippen molar-refractivity contribution in [1.29, 1.82) is 0 Å². The minimum Gasteiger partial charge on any atom is -0.350 e. The van der Waals surface area contributed by atoms with Crippen LogP contribution in [0.25, 0.3) is 0 Å². The van der Waals surface area contributed by atoms with Gasteiger partial charge in [0.2, 0.25) is 11.8 Å². The van der Waals surface area contributed by atoms with Crippen molar-refractivity contribution in [1.82, 2.24) is 10.2 Å². The lowest BCUT2D eigenvalue weighted by atomic mass is 10.0. The number of nitrogens with one attached hydrogen (secondary N) is 1. The van der Waals surface area contributed by atoms with Crippen LogP contribution in [0, 0.1) is 0 Å². The molecule has 0 fully saturated rings. The van der Waals surface area contributed by atoms with E-state index in [9.17, 15) is 9.59 Å². The minimum atomic E-state index is -0.490. The molecule has 0 radical (unpaired) electrons. The van der Waals surface area contributed by atoms with Crippen molar-refractivity contribution < 1.29 is 9.59 Å². The lowest BCUT2D eigenvalue weighted by molar-refractivity contribution is -0.142. The zero-order valence-electron chi connectivity index (χ0n) is 18.9. The largest absolute Gasteiger partial charge is 0.350 e. The Morgan fingerprint density at radius 3 is 2.29 bits per heavy atom. The van der Waals surface area contributed by atoms with Crippen LogP contribution in [0.2, 0.25) is 5.02 Å². The number of carbonyl (C=O) groups excluding carboxylic acids is 2. The van der Waals surface area contributed by atoms with Crippen molar-refractivity contribution in [2.45, 2.75) is 70.0 Å². The summed E-state index contributed by atoms with van der Waals surface area (Å²) < 4.78 is 0. The summed E-state index contributed by atoms with van der Waals surface area (Å²) in [6.07, 6.45) is 1.72. The van der Waals surface area contributed by atoms with Crippen LogP contribution in [0.5, 0.6) is 0 Å². The Morgan fingerprint density at radius 1 is 1.06 bits per heavy atom. The SMILES string of the molecule is CC[C@H](C(=O)NC(C)(C)C)N(Cc1ccccc1)C(=O)CCCSc1ccc(Cl)cc1. The molecule has 1 atom stereocenters. The van der Waals surface area contributed by atoms with Gasteiger partial charge >= 0.3 is 0 Å². The molecule has 0 bridgehead atoms. The quantitative estimate of drug-likeness (QED) is 0.353. The highest BCUT2D eigenvalue weighted by molar-refractivity contribution is 7.99. The van der Waals surface area contributed by atoms with Gasteiger partial charge in [0.05, 0.1) is 0 Å². The number of thioether (sulfide) groups is 1. The number of carbonyl (C=O) groups is 2. The van der Waals surface area contributed by atoms with Crippen molar-refractivity contribution in [3.05, 3.63) is 65.2 Å². The molecule has 168 valence electrons. The van der Waals surface area contributed by atoms with E-state index in [4.69, 9.17) is 11.6 Å². The highest BCUT2D eigenvalue weighted by Gasteiger charge is 2.30. The summed E-state index contributed by atoms with van der Waals surface area (Å²) in [5, 5.41) is 3.75. The average Bonchev–Trinajstić information content (AvgIpc) is 2.71. The van der Waals surface area contributed by atoms with Crippen LogP contribution in [0.3, 0.4) is 0 Å². The number of hydrogen-bond acceptors (Lipinski definition) is 3. The van der Waals surface area contributed by atoms with Crippen LogP contribution in [-0.2, 0) is 16.1 Å². The molecule has 0 unspecified atom stereocenters. The number of hydrogen-bond donors (Lipinski definition) is 1. The lowest BCUT2D eigenvalue weighted by Gasteiger charge is -2.33. The molecule has 2 amide bonds. The summed E-state index contributed by atoms with van der Waals surface area (Å²) in [5.74, 6) is 0.739. The highest BCUT2D eigenvalue weighted by atomic mass is 35.5. The molecule has 0 saturated heterocycles. The fourth-order valence-corrected chi connectivity index (χ4v) is 4.22. The molecular formula is C25H33ClN2O2S. The van der Waals surface area contributed by atoms with E-state index in [2.05, 4.69) is 5.32 Å². The molecule has 0 aliphatic rings. The fourth-order valence-electron chi connectivity index (χ4n) is 3.24. The fraction of sp³-hybridized carbons (Fsp3) is 0.440. The Morgan fingerprint density at radius 2 is 1.71 bits per heavy atom. The van der Waals surface area contributed by atoms with Crippen LogP contribution in [0.15, 0.2) is 59.5 Å². The number of rotatable bonds is 10. The summed E-state index contributed by atoms with van der Waals surface area (Å²) in [5.41, 5.74) is 0.676. The highest BCUT2D eigenvalue weighted by Crippen LogP contribution is 2.22. The van der Waals surface area contributed by atoms with E-state index in [0.717, 1.165) is 27.7 Å². The second-order valence-corrected chi connectivity index (χ2v) is 10.2. The molecule has 6 heteroatoms. The third kappa shape index (κ3) is 8.96. The summed E-state index contributed by atoms with van der Waals surface area (Å²) in [4.78, 5) is 29.0. The Kier molecular flexibility index (Phi) is 9.92. The van der Waals surface area contributed by atoms with E-state index >= 15 is 0 Å². The van der Waals surface area contributed by atoms with Gasteiger partial charge in [0.25, 0.3) is 0 Å². The van der Waals surface area contributed by atoms with E-state index in [1.165, 1.54) is 0 Å². The average molecular weight is 461 g/mol. The van der Waals surface area contributed by atoms with Gasteiger partial charge in [0.1, 0.15) is 6.04 Å². The van der Waals surface area contributed by atoms with Crippen molar-refractivity contribution in [3.8, 4) is 0 Å². The summed E-state index contributed by atoms with van der Waals surface area (Å²) in [6.45, 7) is 8.24. The molecule has 4 nitrogen and oxygen atoms in total. The van der Waals surface area contributed by atoms with E-state index in [1.54, 1.807) is 16.7 Å². The molecule has 0 saturated carbocycles. The first-order valence-corrected chi connectivity index (χ1v) is 12.1. The maximum atomic E-state index is 13.2. The third-order valence-corrected chi connectivity index (χ3v) is 6.05. The zero-order valence-corrected chi connectivity index (χ0v) is 20.4. The van der Waals surface area contributed by atoms with Crippen molar-refractivity contribution in [3.63, 3.8) is 0 Å². The molecule has 31 heavy (non-hydrogen) atoms. The molecule has 1 N–H and O–H groups in total. The monoisotopic (exact) mass is 460 g/mol. The molecule has 0 aliphatic heterocycles. The zero-order chi connectivity index (χ0) is 22.9. The number of amides is 2. The maximum absolute atomic E-state index is 13.2. The Hall–Kier alpha value is -1.98. The minimum absolute atomic E-state index is 0.0106. The van der Waals surface area contributed by atoms with Gasteiger partial charge in [-0.25, -0.2) is 0 Å². The van der Waals surface area contributed by atoms with Crippen LogP contribution in [0.4, 0.5) is 0 Å². The topological polar surface area (TPSA) is 49.4 Å². The van der Waals surface area contributed by atoms with Gasteiger partial charge < -0.3 is 10.2 Å². The van der Waals surface area contributed by atoms with Gasteiger partial charge in [-0.1, -0.05) is 48.9 Å². The van der Waals surface area contributed by atoms with Crippen molar-refractivity contribution in [2.75, 3.05) is 5.75 Å². The molecule has 2 aromatic carbocycles. The second-order valence-electron chi connectivity index (χ2n) is 8.58. The van der Waals surface area contributed by atoms with E-state index < -0.39 is 6.04 Å². The van der Waals surface area contributed by atoms with Crippen molar-refractivity contribution >= 4 is 35.2 Å². The smallest absolute Gasteiger partial charge is 0.243 e. The van der Waals surface area contributed by atoms with Crippen LogP contribution < -0.4 is 5.32 Å².